The first-order chi connectivity index (χ1) is 7.00. The fourth-order valence-electron chi connectivity index (χ4n) is 1.72. The van der Waals surface area contributed by atoms with E-state index in [9.17, 15) is 0 Å². The zero-order valence-corrected chi connectivity index (χ0v) is 9.09. The molecule has 0 aromatic rings. The maximum Gasteiger partial charge on any atom is 0.0842 e. The van der Waals surface area contributed by atoms with Crippen molar-refractivity contribution >= 4 is 0 Å². The minimum atomic E-state index is 0.715. The summed E-state index contributed by atoms with van der Waals surface area (Å²) in [4.78, 5) is 9.80. The first kappa shape index (κ1) is 12.0. The summed E-state index contributed by atoms with van der Waals surface area (Å²) in [5.41, 5.74) is 2.82. The predicted molar refractivity (Wildman–Crippen MR) is 56.6 cm³/mol. The van der Waals surface area contributed by atoms with Crippen LogP contribution in [0.25, 0.3) is 0 Å². The number of hydrogen-bond donors (Lipinski definition) is 1. The van der Waals surface area contributed by atoms with Crippen LogP contribution < -0.4 is 5.48 Å². The van der Waals surface area contributed by atoms with Crippen LogP contribution in [0, 0.1) is 0 Å². The summed E-state index contributed by atoms with van der Waals surface area (Å²) in [6.45, 7) is 1.62. The third kappa shape index (κ3) is 7.30. The Bertz CT molecular complexity index is 66.6. The van der Waals surface area contributed by atoms with Crippen molar-refractivity contribution in [3.05, 3.63) is 0 Å². The van der Waals surface area contributed by atoms with Gasteiger partial charge < -0.3 is 0 Å². The molecule has 1 aliphatic heterocycles. The van der Waals surface area contributed by atoms with Gasteiger partial charge in [-0.3, -0.25) is 0 Å². The normalized spacial score (nSPS) is 24.0. The van der Waals surface area contributed by atoms with Crippen LogP contribution >= 0.6 is 0 Å². The van der Waals surface area contributed by atoms with E-state index in [-0.39, 0.29) is 0 Å². The van der Waals surface area contributed by atoms with E-state index in [1.165, 1.54) is 51.4 Å². The third-order valence-corrected chi connectivity index (χ3v) is 2.62. The molecule has 3 heteroatoms. The average Bonchev–Trinajstić information content (AvgIpc) is 2.22. The van der Waals surface area contributed by atoms with Gasteiger partial charge in [0.1, 0.15) is 0 Å². The van der Waals surface area contributed by atoms with Crippen molar-refractivity contribution in [2.45, 2.75) is 57.8 Å². The van der Waals surface area contributed by atoms with E-state index in [1.54, 1.807) is 0 Å². The van der Waals surface area contributed by atoms with Gasteiger partial charge in [-0.25, -0.2) is 4.89 Å². The van der Waals surface area contributed by atoms with Crippen molar-refractivity contribution in [2.24, 2.45) is 0 Å². The lowest BCUT2D eigenvalue weighted by molar-refractivity contribution is -0.336. The fraction of sp³-hybridized carbons (Fsp3) is 1.00. The highest BCUT2D eigenvalue weighted by Crippen LogP contribution is 2.09. The first-order valence-corrected chi connectivity index (χ1v) is 6.01. The van der Waals surface area contributed by atoms with Crippen molar-refractivity contribution in [3.63, 3.8) is 0 Å². The largest absolute Gasteiger partial charge is 0.218 e. The smallest absolute Gasteiger partial charge is 0.0842 e. The van der Waals surface area contributed by atoms with Crippen LogP contribution in [0.4, 0.5) is 0 Å². The highest BCUT2D eigenvalue weighted by molar-refractivity contribution is 4.48. The molecule has 0 saturated carbocycles. The predicted octanol–water partition coefficient (Wildman–Crippen LogP) is 2.96. The molecule has 1 fully saturated rings. The van der Waals surface area contributed by atoms with Crippen LogP contribution in [-0.2, 0) is 9.88 Å². The van der Waals surface area contributed by atoms with Gasteiger partial charge in [0.05, 0.1) is 6.61 Å². The molecule has 3 nitrogen and oxygen atoms in total. The molecule has 1 heterocycles. The summed E-state index contributed by atoms with van der Waals surface area (Å²) >= 11 is 0. The average molecular weight is 201 g/mol. The van der Waals surface area contributed by atoms with E-state index in [1.807, 2.05) is 0 Å². The Morgan fingerprint density at radius 2 is 1.21 bits per heavy atom. The molecule has 1 saturated heterocycles. The maximum atomic E-state index is 4.97. The van der Waals surface area contributed by atoms with Gasteiger partial charge in [0.25, 0.3) is 0 Å². The molecular formula is C11H23NO2. The Morgan fingerprint density at radius 1 is 0.643 bits per heavy atom. The summed E-state index contributed by atoms with van der Waals surface area (Å²) in [5, 5.41) is 0. The van der Waals surface area contributed by atoms with E-state index in [0.717, 1.165) is 13.0 Å². The fourth-order valence-corrected chi connectivity index (χ4v) is 1.72. The molecule has 0 atom stereocenters. The van der Waals surface area contributed by atoms with Crippen LogP contribution in [0.1, 0.15) is 57.8 Å². The summed E-state index contributed by atoms with van der Waals surface area (Å²) in [6, 6.07) is 0. The van der Waals surface area contributed by atoms with E-state index in [4.69, 9.17) is 9.88 Å². The molecule has 1 N–H and O–H groups in total. The van der Waals surface area contributed by atoms with Crippen molar-refractivity contribution in [1.82, 2.24) is 5.48 Å². The quantitative estimate of drug-likeness (QED) is 0.611. The minimum Gasteiger partial charge on any atom is -0.218 e. The molecule has 1 rings (SSSR count). The molecule has 0 unspecified atom stereocenters. The molecule has 0 bridgehead atoms. The van der Waals surface area contributed by atoms with Gasteiger partial charge in [-0.1, -0.05) is 44.9 Å². The third-order valence-electron chi connectivity index (χ3n) is 2.62. The van der Waals surface area contributed by atoms with Crippen LogP contribution in [0.5, 0.6) is 0 Å². The molecule has 0 aliphatic carbocycles. The van der Waals surface area contributed by atoms with Crippen molar-refractivity contribution < 1.29 is 9.88 Å². The zero-order chi connectivity index (χ0) is 9.90. The molecular weight excluding hydrogens is 178 g/mol. The van der Waals surface area contributed by atoms with Crippen LogP contribution in [0.3, 0.4) is 0 Å². The zero-order valence-electron chi connectivity index (χ0n) is 9.09. The monoisotopic (exact) mass is 201 g/mol. The standard InChI is InChI=1S/C11H23NO2/c1-2-4-6-8-10-12-14-13-11-9-7-5-3-1/h12H,1-11H2. The lowest BCUT2D eigenvalue weighted by Crippen LogP contribution is -2.16. The highest BCUT2D eigenvalue weighted by atomic mass is 17.3. The van der Waals surface area contributed by atoms with Crippen LogP contribution in [-0.4, -0.2) is 13.2 Å². The van der Waals surface area contributed by atoms with Gasteiger partial charge in [0, 0.05) is 6.54 Å². The van der Waals surface area contributed by atoms with Crippen LogP contribution in [0.2, 0.25) is 0 Å². The SMILES string of the molecule is C1CCCCCNOOCCCCC1. The van der Waals surface area contributed by atoms with Crippen molar-refractivity contribution in [1.29, 1.82) is 0 Å². The Kier molecular flexibility index (Phi) is 8.06. The summed E-state index contributed by atoms with van der Waals surface area (Å²) < 4.78 is 0. The summed E-state index contributed by atoms with van der Waals surface area (Å²) in [5.74, 6) is 0. The Morgan fingerprint density at radius 3 is 1.93 bits per heavy atom. The van der Waals surface area contributed by atoms with Gasteiger partial charge in [0.2, 0.25) is 0 Å². The Hall–Kier alpha value is -0.120. The van der Waals surface area contributed by atoms with E-state index < -0.39 is 0 Å². The molecule has 14 heavy (non-hydrogen) atoms. The molecule has 0 spiro atoms. The first-order valence-electron chi connectivity index (χ1n) is 6.01. The molecule has 0 aromatic heterocycles. The second-order valence-electron chi connectivity index (χ2n) is 3.98. The maximum absolute atomic E-state index is 4.97. The molecule has 84 valence electrons. The van der Waals surface area contributed by atoms with Gasteiger partial charge in [0.15, 0.2) is 0 Å². The van der Waals surface area contributed by atoms with Crippen molar-refractivity contribution in [2.75, 3.05) is 13.2 Å². The number of hydroxylamine groups is 1. The Labute approximate surface area is 87.0 Å². The number of rotatable bonds is 0. The highest BCUT2D eigenvalue weighted by Gasteiger charge is 1.95. The Balaban J connectivity index is 2.00. The van der Waals surface area contributed by atoms with Gasteiger partial charge in [-0.2, -0.15) is 5.48 Å². The van der Waals surface area contributed by atoms with Gasteiger partial charge in [-0.15, -0.1) is 4.99 Å². The summed E-state index contributed by atoms with van der Waals surface area (Å²) in [6.07, 6.45) is 11.8. The van der Waals surface area contributed by atoms with Crippen LogP contribution in [0.15, 0.2) is 0 Å². The number of nitrogens with one attached hydrogen (secondary N) is 1. The molecule has 1 aliphatic rings. The second kappa shape index (κ2) is 9.44. The molecule has 0 amide bonds. The molecule has 0 radical (unpaired) electrons. The van der Waals surface area contributed by atoms with Gasteiger partial charge in [-0.05, 0) is 12.8 Å². The second-order valence-corrected chi connectivity index (χ2v) is 3.98. The van der Waals surface area contributed by atoms with Gasteiger partial charge >= 0.3 is 0 Å². The topological polar surface area (TPSA) is 30.5 Å². The molecule has 0 aromatic carbocycles. The lowest BCUT2D eigenvalue weighted by Gasteiger charge is -2.07. The number of hydrogen-bond acceptors (Lipinski definition) is 3. The summed E-state index contributed by atoms with van der Waals surface area (Å²) in [7, 11) is 0. The lowest BCUT2D eigenvalue weighted by atomic mass is 10.1. The van der Waals surface area contributed by atoms with E-state index >= 15 is 0 Å². The van der Waals surface area contributed by atoms with E-state index in [2.05, 4.69) is 5.48 Å². The minimum absolute atomic E-state index is 0.715. The van der Waals surface area contributed by atoms with Crippen molar-refractivity contribution in [3.8, 4) is 0 Å². The van der Waals surface area contributed by atoms with E-state index in [0.29, 0.717) is 6.61 Å².